The molecule has 57 heavy (non-hydrogen) atoms. The Kier molecular flexibility index (Phi) is 8.03. The molecule has 3 aliphatic carbocycles. The van der Waals surface area contributed by atoms with Crippen LogP contribution in [0.15, 0.2) is 231 Å². The first-order chi connectivity index (χ1) is 28.3. The molecule has 11 rings (SSSR count). The number of fused-ring (bicyclic) bond motifs is 6. The lowest BCUT2D eigenvalue weighted by Gasteiger charge is -2.39. The molecule has 2 heteroatoms. The van der Waals surface area contributed by atoms with Gasteiger partial charge in [0.1, 0.15) is 0 Å². The topological polar surface area (TPSA) is 6.48 Å². The molecule has 7 aromatic carbocycles. The second-order valence-electron chi connectivity index (χ2n) is 15.6. The standard InChI is InChI=1S/C55H42N2/c1-5-17-41(18-6-1)55(42-19-7-2-8-20-42)51-27-15-13-25-47(51)48-35-34-46(38-52(48)55)56(43-21-9-3-10-22-43)45-32-29-39(30-33-45)40-31-36-54-50(37-40)49-26-14-16-28-53(49)57(54)44-23-11-4-12-24-44/h1-38,47,49,51,53H. The molecule has 272 valence electrons. The SMILES string of the molecule is C1=CC2c3cc(-c4ccc(N(c5ccccc5)c5ccc6c(c5)C(c5ccccc5)(c5ccccc5)C5C=CC=CC65)cc4)ccc3N(c3ccccc3)C2C=C1. The predicted octanol–water partition coefficient (Wildman–Crippen LogP) is 13.7. The van der Waals surface area contributed by atoms with Crippen LogP contribution in [-0.4, -0.2) is 6.04 Å². The molecule has 0 amide bonds. The van der Waals surface area contributed by atoms with E-state index in [1.807, 2.05) is 0 Å². The fourth-order valence-electron chi connectivity index (χ4n) is 10.3. The van der Waals surface area contributed by atoms with E-state index < -0.39 is 0 Å². The van der Waals surface area contributed by atoms with Crippen molar-refractivity contribution in [3.8, 4) is 11.1 Å². The average Bonchev–Trinajstić information content (AvgIpc) is 3.78. The Morgan fingerprint density at radius 1 is 0.421 bits per heavy atom. The minimum Gasteiger partial charge on any atom is -0.333 e. The van der Waals surface area contributed by atoms with E-state index in [4.69, 9.17) is 0 Å². The minimum atomic E-state index is -0.349. The molecule has 2 nitrogen and oxygen atoms in total. The van der Waals surface area contributed by atoms with E-state index >= 15 is 0 Å². The van der Waals surface area contributed by atoms with Crippen LogP contribution < -0.4 is 9.80 Å². The Hall–Kier alpha value is -6.90. The predicted molar refractivity (Wildman–Crippen MR) is 237 cm³/mol. The van der Waals surface area contributed by atoms with Crippen LogP contribution in [-0.2, 0) is 5.41 Å². The first-order valence-corrected chi connectivity index (χ1v) is 20.2. The summed E-state index contributed by atoms with van der Waals surface area (Å²) in [5, 5.41) is 0. The highest BCUT2D eigenvalue weighted by molar-refractivity contribution is 5.82. The molecule has 4 unspecified atom stereocenters. The summed E-state index contributed by atoms with van der Waals surface area (Å²) in [7, 11) is 0. The Morgan fingerprint density at radius 3 is 1.68 bits per heavy atom. The van der Waals surface area contributed by atoms with Gasteiger partial charge in [0, 0.05) is 46.2 Å². The van der Waals surface area contributed by atoms with Crippen LogP contribution in [0.25, 0.3) is 11.1 Å². The molecule has 0 bridgehead atoms. The highest BCUT2D eigenvalue weighted by Gasteiger charge is 2.53. The maximum Gasteiger partial charge on any atom is 0.0629 e. The number of allylic oxidation sites excluding steroid dienone is 6. The fourth-order valence-corrected chi connectivity index (χ4v) is 10.3. The van der Waals surface area contributed by atoms with Gasteiger partial charge in [-0.3, -0.25) is 0 Å². The summed E-state index contributed by atoms with van der Waals surface area (Å²) in [5.74, 6) is 0.849. The summed E-state index contributed by atoms with van der Waals surface area (Å²) in [6.45, 7) is 0. The van der Waals surface area contributed by atoms with Crippen molar-refractivity contribution in [3.63, 3.8) is 0 Å². The molecular weight excluding hydrogens is 689 g/mol. The van der Waals surface area contributed by atoms with Crippen LogP contribution in [0.1, 0.15) is 39.7 Å². The second kappa shape index (κ2) is 13.7. The second-order valence-corrected chi connectivity index (χ2v) is 15.6. The van der Waals surface area contributed by atoms with Crippen LogP contribution in [0.4, 0.5) is 28.4 Å². The van der Waals surface area contributed by atoms with Crippen LogP contribution in [0.5, 0.6) is 0 Å². The summed E-state index contributed by atoms with van der Waals surface area (Å²) in [4.78, 5) is 4.91. The molecule has 0 radical (unpaired) electrons. The molecule has 1 aliphatic heterocycles. The van der Waals surface area contributed by atoms with Gasteiger partial charge in [-0.2, -0.15) is 0 Å². The zero-order chi connectivity index (χ0) is 37.8. The summed E-state index contributed by atoms with van der Waals surface area (Å²) in [6.07, 6.45) is 18.4. The maximum absolute atomic E-state index is 2.49. The zero-order valence-electron chi connectivity index (χ0n) is 31.6. The van der Waals surface area contributed by atoms with E-state index in [1.165, 1.54) is 50.3 Å². The number of hydrogen-bond donors (Lipinski definition) is 0. The number of rotatable bonds is 7. The van der Waals surface area contributed by atoms with Gasteiger partial charge in [0.05, 0.1) is 11.5 Å². The average molecular weight is 731 g/mol. The molecule has 7 aromatic rings. The molecule has 4 atom stereocenters. The van der Waals surface area contributed by atoms with E-state index in [0.717, 1.165) is 17.1 Å². The van der Waals surface area contributed by atoms with E-state index in [9.17, 15) is 0 Å². The third-order valence-electron chi connectivity index (χ3n) is 12.7. The lowest BCUT2D eigenvalue weighted by Crippen LogP contribution is -2.35. The third kappa shape index (κ3) is 5.32. The normalized spacial score (nSPS) is 20.5. The van der Waals surface area contributed by atoms with Crippen molar-refractivity contribution in [3.05, 3.63) is 258 Å². The first kappa shape index (κ1) is 33.4. The summed E-state index contributed by atoms with van der Waals surface area (Å²) in [6, 6.07) is 67.6. The van der Waals surface area contributed by atoms with Crippen molar-refractivity contribution in [2.45, 2.75) is 23.3 Å². The van der Waals surface area contributed by atoms with Gasteiger partial charge in [-0.1, -0.05) is 170 Å². The highest BCUT2D eigenvalue weighted by Crippen LogP contribution is 2.60. The molecule has 0 fully saturated rings. The monoisotopic (exact) mass is 730 g/mol. The number of anilines is 5. The van der Waals surface area contributed by atoms with Crippen molar-refractivity contribution in [1.82, 2.24) is 0 Å². The largest absolute Gasteiger partial charge is 0.333 e. The lowest BCUT2D eigenvalue weighted by molar-refractivity contribution is 0.457. The molecule has 0 saturated carbocycles. The quantitative estimate of drug-likeness (QED) is 0.161. The number of hydrogen-bond acceptors (Lipinski definition) is 2. The zero-order valence-corrected chi connectivity index (χ0v) is 31.6. The number of para-hydroxylation sites is 2. The summed E-state index contributed by atoms with van der Waals surface area (Å²) in [5.41, 5.74) is 14.8. The fraction of sp³-hybridized carbons (Fsp3) is 0.0909. The smallest absolute Gasteiger partial charge is 0.0629 e. The lowest BCUT2D eigenvalue weighted by atomic mass is 9.63. The van der Waals surface area contributed by atoms with E-state index in [-0.39, 0.29) is 23.3 Å². The van der Waals surface area contributed by atoms with Gasteiger partial charge in [-0.15, -0.1) is 0 Å². The van der Waals surface area contributed by atoms with Gasteiger partial charge < -0.3 is 9.80 Å². The van der Waals surface area contributed by atoms with E-state index in [1.54, 1.807) is 0 Å². The van der Waals surface area contributed by atoms with Gasteiger partial charge >= 0.3 is 0 Å². The van der Waals surface area contributed by atoms with Crippen molar-refractivity contribution in [2.24, 2.45) is 5.92 Å². The summed E-state index contributed by atoms with van der Waals surface area (Å²) >= 11 is 0. The highest BCUT2D eigenvalue weighted by atomic mass is 15.2. The molecule has 1 heterocycles. The maximum atomic E-state index is 2.49. The van der Waals surface area contributed by atoms with Crippen LogP contribution in [0.3, 0.4) is 0 Å². The molecule has 4 aliphatic rings. The third-order valence-corrected chi connectivity index (χ3v) is 12.7. The number of benzene rings is 7. The van der Waals surface area contributed by atoms with Crippen molar-refractivity contribution >= 4 is 28.4 Å². The van der Waals surface area contributed by atoms with Gasteiger partial charge in [-0.25, -0.2) is 0 Å². The van der Waals surface area contributed by atoms with Crippen LogP contribution in [0, 0.1) is 5.92 Å². The Bertz CT molecular complexity index is 2650. The molecule has 0 saturated heterocycles. The molecule has 0 spiro atoms. The number of nitrogens with zero attached hydrogens (tertiary/aromatic N) is 2. The molecule has 0 N–H and O–H groups in total. The molecule has 0 aromatic heterocycles. The Morgan fingerprint density at radius 2 is 0.982 bits per heavy atom. The first-order valence-electron chi connectivity index (χ1n) is 20.2. The summed E-state index contributed by atoms with van der Waals surface area (Å²) < 4.78 is 0. The van der Waals surface area contributed by atoms with Crippen molar-refractivity contribution < 1.29 is 0 Å². The van der Waals surface area contributed by atoms with Crippen molar-refractivity contribution in [2.75, 3.05) is 9.80 Å². The van der Waals surface area contributed by atoms with Crippen molar-refractivity contribution in [1.29, 1.82) is 0 Å². The van der Waals surface area contributed by atoms with Crippen LogP contribution in [0.2, 0.25) is 0 Å². The van der Waals surface area contributed by atoms with Crippen LogP contribution >= 0.6 is 0 Å². The van der Waals surface area contributed by atoms with Gasteiger partial charge in [-0.05, 0) is 99.6 Å². The van der Waals surface area contributed by atoms with E-state index in [0.29, 0.717) is 5.92 Å². The minimum absolute atomic E-state index is 0.254. The Balaban J connectivity index is 1.02. The molecular formula is C55H42N2. The van der Waals surface area contributed by atoms with Gasteiger partial charge in [0.2, 0.25) is 0 Å². The van der Waals surface area contributed by atoms with Gasteiger partial charge in [0.25, 0.3) is 0 Å². The Labute approximate surface area is 335 Å². The van der Waals surface area contributed by atoms with Gasteiger partial charge in [0.15, 0.2) is 0 Å². The van der Waals surface area contributed by atoms with E-state index in [2.05, 4.69) is 240 Å².